The number of aryl methyl sites for hydroxylation is 1. The molecule has 1 aliphatic heterocycles. The van der Waals surface area contributed by atoms with Crippen molar-refractivity contribution >= 4 is 5.91 Å². The maximum absolute atomic E-state index is 12.9. The van der Waals surface area contributed by atoms with Crippen LogP contribution in [0.15, 0.2) is 36.5 Å². The predicted molar refractivity (Wildman–Crippen MR) is 88.2 cm³/mol. The number of rotatable bonds is 5. The zero-order valence-corrected chi connectivity index (χ0v) is 13.8. The van der Waals surface area contributed by atoms with E-state index in [1.165, 1.54) is 12.1 Å². The second-order valence-corrected chi connectivity index (χ2v) is 6.24. The Morgan fingerprint density at radius 2 is 2.12 bits per heavy atom. The summed E-state index contributed by atoms with van der Waals surface area (Å²) in [6.07, 6.45) is 3.71. The Hall–Kier alpha value is -2.37. The van der Waals surface area contributed by atoms with Gasteiger partial charge in [-0.1, -0.05) is 0 Å². The fourth-order valence-corrected chi connectivity index (χ4v) is 2.96. The third kappa shape index (κ3) is 4.13. The summed E-state index contributed by atoms with van der Waals surface area (Å²) in [5.41, 5.74) is 0.983. The van der Waals surface area contributed by atoms with E-state index in [1.54, 1.807) is 23.0 Å². The summed E-state index contributed by atoms with van der Waals surface area (Å²) in [5, 5.41) is 4.17. The smallest absolute Gasteiger partial charge is 0.244 e. The largest absolute Gasteiger partial charge is 0.493 e. The van der Waals surface area contributed by atoms with Crippen LogP contribution in [0.2, 0.25) is 0 Å². The third-order valence-corrected chi connectivity index (χ3v) is 4.38. The highest BCUT2D eigenvalue weighted by atomic mass is 19.1. The number of likely N-dealkylation sites (tertiary alicyclic amines) is 1. The molecule has 1 amide bonds. The second-order valence-electron chi connectivity index (χ2n) is 6.24. The summed E-state index contributed by atoms with van der Waals surface area (Å²) >= 11 is 0. The van der Waals surface area contributed by atoms with Gasteiger partial charge in [-0.05, 0) is 50.1 Å². The Kier molecular flexibility index (Phi) is 5.13. The number of hydrogen-bond acceptors (Lipinski definition) is 3. The van der Waals surface area contributed by atoms with E-state index in [2.05, 4.69) is 5.10 Å². The Morgan fingerprint density at radius 3 is 2.83 bits per heavy atom. The molecule has 0 N–H and O–H groups in total. The molecule has 0 radical (unpaired) electrons. The van der Waals surface area contributed by atoms with Crippen LogP contribution in [0.4, 0.5) is 4.39 Å². The highest BCUT2D eigenvalue weighted by Crippen LogP contribution is 2.19. The zero-order chi connectivity index (χ0) is 16.9. The normalized spacial score (nSPS) is 17.8. The summed E-state index contributed by atoms with van der Waals surface area (Å²) in [4.78, 5) is 14.3. The molecule has 0 spiro atoms. The van der Waals surface area contributed by atoms with Gasteiger partial charge >= 0.3 is 0 Å². The van der Waals surface area contributed by atoms with E-state index in [4.69, 9.17) is 4.74 Å². The first-order chi connectivity index (χ1) is 11.6. The van der Waals surface area contributed by atoms with Crippen LogP contribution in [0.1, 0.15) is 18.5 Å². The van der Waals surface area contributed by atoms with Gasteiger partial charge < -0.3 is 9.64 Å². The molecule has 0 saturated carbocycles. The van der Waals surface area contributed by atoms with Gasteiger partial charge in [0.15, 0.2) is 0 Å². The Labute approximate surface area is 141 Å². The van der Waals surface area contributed by atoms with E-state index in [0.717, 1.165) is 25.1 Å². The molecule has 1 aromatic carbocycles. The van der Waals surface area contributed by atoms with E-state index in [0.29, 0.717) is 24.8 Å². The molecule has 24 heavy (non-hydrogen) atoms. The van der Waals surface area contributed by atoms with Crippen molar-refractivity contribution in [1.29, 1.82) is 0 Å². The van der Waals surface area contributed by atoms with Gasteiger partial charge in [0, 0.05) is 30.9 Å². The van der Waals surface area contributed by atoms with E-state index in [9.17, 15) is 9.18 Å². The molecule has 2 aromatic rings. The highest BCUT2D eigenvalue weighted by Gasteiger charge is 2.24. The van der Waals surface area contributed by atoms with E-state index in [1.807, 2.05) is 17.9 Å². The maximum Gasteiger partial charge on any atom is 0.244 e. The third-order valence-electron chi connectivity index (χ3n) is 4.38. The molecule has 5 nitrogen and oxygen atoms in total. The molecule has 0 unspecified atom stereocenters. The van der Waals surface area contributed by atoms with Crippen molar-refractivity contribution in [3.63, 3.8) is 0 Å². The number of nitrogens with zero attached hydrogens (tertiary/aromatic N) is 3. The highest BCUT2D eigenvalue weighted by molar-refractivity contribution is 5.76. The molecule has 128 valence electrons. The Balaban J connectivity index is 1.51. The van der Waals surface area contributed by atoms with Crippen LogP contribution in [-0.4, -0.2) is 40.3 Å². The summed E-state index contributed by atoms with van der Waals surface area (Å²) in [7, 11) is 0. The molecule has 1 atom stereocenters. The number of carbonyl (C=O) groups excluding carboxylic acids is 1. The van der Waals surface area contributed by atoms with Gasteiger partial charge in [-0.3, -0.25) is 9.48 Å². The molecule has 0 bridgehead atoms. The predicted octanol–water partition coefficient (Wildman–Crippen LogP) is 2.65. The fourth-order valence-electron chi connectivity index (χ4n) is 2.96. The molecular weight excluding hydrogens is 309 g/mol. The Bertz CT molecular complexity index is 684. The Morgan fingerprint density at radius 1 is 1.33 bits per heavy atom. The number of ether oxygens (including phenoxy) is 1. The molecule has 1 fully saturated rings. The van der Waals surface area contributed by atoms with Crippen LogP contribution in [-0.2, 0) is 11.3 Å². The van der Waals surface area contributed by atoms with E-state index < -0.39 is 0 Å². The van der Waals surface area contributed by atoms with Crippen molar-refractivity contribution in [3.8, 4) is 5.75 Å². The lowest BCUT2D eigenvalue weighted by molar-refractivity contribution is -0.134. The van der Waals surface area contributed by atoms with Gasteiger partial charge in [0.2, 0.25) is 5.91 Å². The molecule has 1 aliphatic rings. The number of amides is 1. The number of piperidine rings is 1. The number of halogens is 1. The summed E-state index contributed by atoms with van der Waals surface area (Å²) in [5.74, 6) is 0.775. The summed E-state index contributed by atoms with van der Waals surface area (Å²) in [6, 6.07) is 7.92. The van der Waals surface area contributed by atoms with Gasteiger partial charge in [0.25, 0.3) is 0 Å². The molecule has 2 heterocycles. The van der Waals surface area contributed by atoms with E-state index >= 15 is 0 Å². The summed E-state index contributed by atoms with van der Waals surface area (Å²) < 4.78 is 20.4. The first-order valence-electron chi connectivity index (χ1n) is 8.26. The van der Waals surface area contributed by atoms with E-state index in [-0.39, 0.29) is 18.3 Å². The van der Waals surface area contributed by atoms with Gasteiger partial charge in [-0.2, -0.15) is 5.10 Å². The molecule has 3 rings (SSSR count). The van der Waals surface area contributed by atoms with Crippen LogP contribution in [0, 0.1) is 18.7 Å². The molecule has 1 saturated heterocycles. The van der Waals surface area contributed by atoms with Gasteiger partial charge in [-0.25, -0.2) is 4.39 Å². The second kappa shape index (κ2) is 7.47. The van der Waals surface area contributed by atoms with Crippen LogP contribution in [0.3, 0.4) is 0 Å². The maximum atomic E-state index is 12.9. The minimum atomic E-state index is -0.272. The average molecular weight is 331 g/mol. The molecule has 1 aromatic heterocycles. The SMILES string of the molecule is Cc1ccnn1CC(=O)N1CCC[C@H](COc2ccc(F)cc2)C1. The van der Waals surface area contributed by atoms with Crippen LogP contribution >= 0.6 is 0 Å². The first-order valence-corrected chi connectivity index (χ1v) is 8.26. The lowest BCUT2D eigenvalue weighted by Crippen LogP contribution is -2.43. The van der Waals surface area contributed by atoms with Crippen molar-refractivity contribution in [3.05, 3.63) is 48.0 Å². The number of carbonyl (C=O) groups is 1. The first kappa shape index (κ1) is 16.5. The lowest BCUT2D eigenvalue weighted by Gasteiger charge is -2.32. The van der Waals surface area contributed by atoms with Crippen molar-refractivity contribution in [2.45, 2.75) is 26.3 Å². The zero-order valence-electron chi connectivity index (χ0n) is 13.8. The minimum Gasteiger partial charge on any atom is -0.493 e. The number of aromatic nitrogens is 2. The monoisotopic (exact) mass is 331 g/mol. The van der Waals surface area contributed by atoms with Crippen molar-refractivity contribution in [2.24, 2.45) is 5.92 Å². The van der Waals surface area contributed by atoms with Gasteiger partial charge in [0.1, 0.15) is 18.1 Å². The van der Waals surface area contributed by atoms with Crippen LogP contribution in [0.25, 0.3) is 0 Å². The van der Waals surface area contributed by atoms with Crippen LogP contribution in [0.5, 0.6) is 5.75 Å². The standard InChI is InChI=1S/C18H22FN3O2/c1-14-8-9-20-22(14)12-18(23)21-10-2-3-15(11-21)13-24-17-6-4-16(19)5-7-17/h4-9,15H,2-3,10-13H2,1H3/t15-/m0/s1. The van der Waals surface area contributed by atoms with Crippen molar-refractivity contribution in [2.75, 3.05) is 19.7 Å². The molecular formula is C18H22FN3O2. The number of benzene rings is 1. The molecule has 0 aliphatic carbocycles. The minimum absolute atomic E-state index is 0.0910. The fraction of sp³-hybridized carbons (Fsp3) is 0.444. The van der Waals surface area contributed by atoms with Crippen molar-refractivity contribution in [1.82, 2.24) is 14.7 Å². The lowest BCUT2D eigenvalue weighted by atomic mass is 9.99. The topological polar surface area (TPSA) is 47.4 Å². The summed E-state index contributed by atoms with van der Waals surface area (Å²) in [6.45, 7) is 4.24. The van der Waals surface area contributed by atoms with Crippen LogP contribution < -0.4 is 4.74 Å². The quantitative estimate of drug-likeness (QED) is 0.846. The van der Waals surface area contributed by atoms with Crippen molar-refractivity contribution < 1.29 is 13.9 Å². The molecule has 6 heteroatoms. The van der Waals surface area contributed by atoms with Gasteiger partial charge in [-0.15, -0.1) is 0 Å². The average Bonchev–Trinajstić information content (AvgIpc) is 2.99. The van der Waals surface area contributed by atoms with Gasteiger partial charge in [0.05, 0.1) is 6.61 Å². The number of hydrogen-bond donors (Lipinski definition) is 0.